The number of rotatable bonds is 12. The van der Waals surface area contributed by atoms with E-state index in [1.165, 1.54) is 6.33 Å². The number of carboxylic acids is 2. The minimum Gasteiger partial charge on any atom is -0.480 e. The third-order valence-electron chi connectivity index (χ3n) is 4.31. The molecule has 0 aliphatic rings. The summed E-state index contributed by atoms with van der Waals surface area (Å²) in [6.07, 6.45) is 6.78. The van der Waals surface area contributed by atoms with Gasteiger partial charge in [0.25, 0.3) is 0 Å². The second kappa shape index (κ2) is 14.3. The number of nitrogens with one attached hydrogen (secondary N) is 3. The molecule has 0 aliphatic heterocycles. The number of amides is 2. The molecule has 0 saturated heterocycles. The number of nitrogens with zero attached hydrogens (tertiary/aromatic N) is 3. The summed E-state index contributed by atoms with van der Waals surface area (Å²) >= 11 is 0. The van der Waals surface area contributed by atoms with Crippen LogP contribution < -0.4 is 22.1 Å². The zero-order valence-corrected chi connectivity index (χ0v) is 18.2. The third kappa shape index (κ3) is 10.4. The lowest BCUT2D eigenvalue weighted by molar-refractivity contribution is -0.142. The molecule has 0 saturated carbocycles. The first kappa shape index (κ1) is 27.3. The fraction of sp³-hybridized carbons (Fsp3) is 0.474. The van der Waals surface area contributed by atoms with Crippen molar-refractivity contribution in [2.24, 2.45) is 18.5 Å². The summed E-state index contributed by atoms with van der Waals surface area (Å²) in [5.41, 5.74) is 11.7. The molecule has 2 heterocycles. The SMILES string of the molecule is Cn1cncc1C[C@H](NC(=O)CCN)C(=O)O.NCCC(=O)NC(Cc1c[nH]cn1)C(=O)O. The quantitative estimate of drug-likeness (QED) is 0.177. The van der Waals surface area contributed by atoms with Gasteiger partial charge in [0.15, 0.2) is 0 Å². The first-order valence-corrected chi connectivity index (χ1v) is 10.0. The third-order valence-corrected chi connectivity index (χ3v) is 4.31. The lowest BCUT2D eigenvalue weighted by atomic mass is 10.1. The van der Waals surface area contributed by atoms with Crippen LogP contribution in [0.2, 0.25) is 0 Å². The van der Waals surface area contributed by atoms with E-state index in [0.717, 1.165) is 5.69 Å². The van der Waals surface area contributed by atoms with Gasteiger partial charge in [0.2, 0.25) is 11.8 Å². The van der Waals surface area contributed by atoms with E-state index in [2.05, 4.69) is 25.6 Å². The Kier molecular flexibility index (Phi) is 11.8. The molecule has 182 valence electrons. The highest BCUT2D eigenvalue weighted by Gasteiger charge is 2.22. The minimum absolute atomic E-state index is 0.115. The van der Waals surface area contributed by atoms with Crippen molar-refractivity contribution < 1.29 is 29.4 Å². The standard InChI is InChI=1S/C10H16N4O3.C9H14N4O3/c1-14-6-12-5-7(14)4-8(10(16)17)13-9(15)2-3-11;10-2-1-8(14)13-7(9(15)16)3-6-4-11-5-12-6/h5-6,8H,2-4,11H2,1H3,(H,13,15)(H,16,17);4-5,7H,1-3,10H2,(H,11,12)(H,13,14)(H,15,16)/t8-;/m0./s1. The monoisotopic (exact) mass is 466 g/mol. The van der Waals surface area contributed by atoms with Crippen molar-refractivity contribution >= 4 is 23.8 Å². The molecule has 2 amide bonds. The molecule has 14 heteroatoms. The van der Waals surface area contributed by atoms with E-state index in [4.69, 9.17) is 21.7 Å². The van der Waals surface area contributed by atoms with Gasteiger partial charge in [-0.25, -0.2) is 19.6 Å². The van der Waals surface area contributed by atoms with Crippen molar-refractivity contribution in [3.8, 4) is 0 Å². The molecular weight excluding hydrogens is 436 g/mol. The smallest absolute Gasteiger partial charge is 0.326 e. The van der Waals surface area contributed by atoms with E-state index < -0.39 is 24.0 Å². The van der Waals surface area contributed by atoms with Crippen LogP contribution in [0.4, 0.5) is 0 Å². The van der Waals surface area contributed by atoms with E-state index in [9.17, 15) is 19.2 Å². The highest BCUT2D eigenvalue weighted by Crippen LogP contribution is 2.02. The number of aromatic nitrogens is 4. The van der Waals surface area contributed by atoms with Gasteiger partial charge in [0.05, 0.1) is 18.3 Å². The highest BCUT2D eigenvalue weighted by atomic mass is 16.4. The maximum atomic E-state index is 11.3. The van der Waals surface area contributed by atoms with Crippen LogP contribution in [0.1, 0.15) is 24.2 Å². The molecule has 0 aliphatic carbocycles. The normalized spacial score (nSPS) is 12.1. The van der Waals surface area contributed by atoms with Crippen LogP contribution in [0.3, 0.4) is 0 Å². The number of aromatic amines is 1. The first-order chi connectivity index (χ1) is 15.7. The van der Waals surface area contributed by atoms with Crippen molar-refractivity contribution in [2.75, 3.05) is 13.1 Å². The van der Waals surface area contributed by atoms with E-state index in [-0.39, 0.29) is 50.6 Å². The number of carbonyl (C=O) groups is 4. The van der Waals surface area contributed by atoms with Gasteiger partial charge < -0.3 is 41.9 Å². The summed E-state index contributed by atoms with van der Waals surface area (Å²) in [4.78, 5) is 54.9. The fourth-order valence-corrected chi connectivity index (χ4v) is 2.60. The molecule has 33 heavy (non-hydrogen) atoms. The van der Waals surface area contributed by atoms with Gasteiger partial charge in [0.1, 0.15) is 12.1 Å². The van der Waals surface area contributed by atoms with Gasteiger partial charge in [-0.05, 0) is 0 Å². The number of aliphatic carboxylic acids is 2. The maximum Gasteiger partial charge on any atom is 0.326 e. The van der Waals surface area contributed by atoms with E-state index in [0.29, 0.717) is 5.69 Å². The summed E-state index contributed by atoms with van der Waals surface area (Å²) in [6.45, 7) is 0.393. The van der Waals surface area contributed by atoms with Crippen molar-refractivity contribution in [3.63, 3.8) is 0 Å². The van der Waals surface area contributed by atoms with Crippen molar-refractivity contribution in [2.45, 2.75) is 37.8 Å². The van der Waals surface area contributed by atoms with Gasteiger partial charge in [-0.2, -0.15) is 0 Å². The molecule has 2 atom stereocenters. The van der Waals surface area contributed by atoms with Crippen LogP contribution in [0.25, 0.3) is 0 Å². The largest absolute Gasteiger partial charge is 0.480 e. The zero-order valence-electron chi connectivity index (χ0n) is 18.2. The molecule has 1 unspecified atom stereocenters. The van der Waals surface area contributed by atoms with Crippen molar-refractivity contribution in [1.82, 2.24) is 30.2 Å². The molecule has 0 spiro atoms. The molecule has 0 radical (unpaired) electrons. The summed E-state index contributed by atoms with van der Waals surface area (Å²) in [7, 11) is 1.77. The number of H-pyrrole nitrogens is 1. The van der Waals surface area contributed by atoms with Crippen LogP contribution >= 0.6 is 0 Å². The lowest BCUT2D eigenvalue weighted by Gasteiger charge is -2.14. The van der Waals surface area contributed by atoms with Gasteiger partial charge in [-0.15, -0.1) is 0 Å². The number of carbonyl (C=O) groups excluding carboxylic acids is 2. The maximum absolute atomic E-state index is 11.3. The number of hydrogen-bond donors (Lipinski definition) is 7. The van der Waals surface area contributed by atoms with E-state index in [1.807, 2.05) is 0 Å². The van der Waals surface area contributed by atoms with Crippen LogP contribution in [0, 0.1) is 0 Å². The van der Waals surface area contributed by atoms with Crippen LogP contribution in [0.15, 0.2) is 25.0 Å². The molecule has 9 N–H and O–H groups in total. The molecule has 0 bridgehead atoms. The molecule has 14 nitrogen and oxygen atoms in total. The number of nitrogens with two attached hydrogens (primary N) is 2. The van der Waals surface area contributed by atoms with Crippen molar-refractivity contribution in [1.29, 1.82) is 0 Å². The molecule has 0 fully saturated rings. The van der Waals surface area contributed by atoms with Gasteiger partial charge in [-0.1, -0.05) is 0 Å². The molecular formula is C19H30N8O6. The number of aryl methyl sites for hydroxylation is 1. The van der Waals surface area contributed by atoms with Crippen LogP contribution in [-0.4, -0.2) is 78.7 Å². The Hall–Kier alpha value is -3.78. The van der Waals surface area contributed by atoms with Crippen LogP contribution in [0.5, 0.6) is 0 Å². The average Bonchev–Trinajstić information content (AvgIpc) is 3.39. The lowest BCUT2D eigenvalue weighted by Crippen LogP contribution is -2.43. The van der Waals surface area contributed by atoms with Crippen molar-refractivity contribution in [3.05, 3.63) is 36.4 Å². The Labute approximate surface area is 189 Å². The van der Waals surface area contributed by atoms with E-state index in [1.54, 1.807) is 30.3 Å². The highest BCUT2D eigenvalue weighted by molar-refractivity contribution is 5.84. The number of imidazole rings is 2. The second-order valence-electron chi connectivity index (χ2n) is 6.96. The Morgan fingerprint density at radius 3 is 1.97 bits per heavy atom. The summed E-state index contributed by atoms with van der Waals surface area (Å²) < 4.78 is 1.71. The zero-order chi connectivity index (χ0) is 24.8. The van der Waals surface area contributed by atoms with Gasteiger partial charge >= 0.3 is 11.9 Å². The molecule has 2 rings (SSSR count). The topological polar surface area (TPSA) is 231 Å². The second-order valence-corrected chi connectivity index (χ2v) is 6.96. The van der Waals surface area contributed by atoms with Gasteiger partial charge in [-0.3, -0.25) is 9.59 Å². The van der Waals surface area contributed by atoms with Crippen LogP contribution in [-0.2, 0) is 39.1 Å². The summed E-state index contributed by atoms with van der Waals surface area (Å²) in [5.74, 6) is -2.89. The summed E-state index contributed by atoms with van der Waals surface area (Å²) in [5, 5.41) is 22.7. The first-order valence-electron chi connectivity index (χ1n) is 10.0. The Balaban J connectivity index is 0.000000331. The predicted octanol–water partition coefficient (Wildman–Crippen LogP) is -2.25. The predicted molar refractivity (Wildman–Crippen MR) is 116 cm³/mol. The molecule has 0 aromatic carbocycles. The summed E-state index contributed by atoms with van der Waals surface area (Å²) in [6, 6.07) is -1.92. The number of carboxylic acid groups (broad SMARTS) is 2. The Morgan fingerprint density at radius 1 is 1.03 bits per heavy atom. The molecule has 2 aromatic heterocycles. The minimum atomic E-state index is -1.09. The Morgan fingerprint density at radius 2 is 1.58 bits per heavy atom. The van der Waals surface area contributed by atoms with E-state index >= 15 is 0 Å². The fourth-order valence-electron chi connectivity index (χ4n) is 2.60. The average molecular weight is 466 g/mol. The molecule has 2 aromatic rings. The Bertz CT molecular complexity index is 898. The number of hydrogen-bond acceptors (Lipinski definition) is 8. The van der Waals surface area contributed by atoms with Gasteiger partial charge in [0, 0.05) is 63.9 Å².